The number of ether oxygens (including phenoxy) is 2. The van der Waals surface area contributed by atoms with E-state index >= 15 is 0 Å². The highest BCUT2D eigenvalue weighted by Crippen LogP contribution is 1.95. The highest BCUT2D eigenvalue weighted by molar-refractivity contribution is 5.73. The highest BCUT2D eigenvalue weighted by atomic mass is 16.6. The minimum absolute atomic E-state index is 0.168. The second-order valence-electron chi connectivity index (χ2n) is 2.62. The molecule has 0 aliphatic heterocycles. The summed E-state index contributed by atoms with van der Waals surface area (Å²) in [5.41, 5.74) is 2.89. The van der Waals surface area contributed by atoms with Crippen molar-refractivity contribution in [3.63, 3.8) is 0 Å². The van der Waals surface area contributed by atoms with Crippen LogP contribution in [0.1, 0.15) is 6.92 Å². The lowest BCUT2D eigenvalue weighted by Gasteiger charge is -2.20. The third-order valence-electron chi connectivity index (χ3n) is 1.23. The van der Waals surface area contributed by atoms with Gasteiger partial charge in [0.05, 0.1) is 20.8 Å². The summed E-state index contributed by atoms with van der Waals surface area (Å²) in [5.74, 6) is 0. The number of amides is 2. The van der Waals surface area contributed by atoms with Crippen molar-refractivity contribution in [2.24, 2.45) is 0 Å². The molecule has 0 bridgehead atoms. The van der Waals surface area contributed by atoms with Crippen LogP contribution in [0.15, 0.2) is 12.2 Å². The van der Waals surface area contributed by atoms with Crippen LogP contribution in [0.25, 0.3) is 0 Å². The standard InChI is InChI=1S/C8H14N2O4/c1-6(2)5-10(8(12)14-4)9-7(11)13-3/h1,5H2,2-4H3,(H,9,11). The topological polar surface area (TPSA) is 67.9 Å². The zero-order valence-corrected chi connectivity index (χ0v) is 8.49. The van der Waals surface area contributed by atoms with Crippen LogP contribution in [0.5, 0.6) is 0 Å². The van der Waals surface area contributed by atoms with E-state index in [9.17, 15) is 9.59 Å². The van der Waals surface area contributed by atoms with Gasteiger partial charge in [-0.1, -0.05) is 12.2 Å². The zero-order valence-electron chi connectivity index (χ0n) is 8.49. The van der Waals surface area contributed by atoms with Crippen molar-refractivity contribution < 1.29 is 19.1 Å². The molecule has 0 aromatic carbocycles. The molecule has 0 spiro atoms. The Kier molecular flexibility index (Phi) is 5.13. The Morgan fingerprint density at radius 3 is 2.29 bits per heavy atom. The maximum absolute atomic E-state index is 11.1. The molecular weight excluding hydrogens is 188 g/mol. The van der Waals surface area contributed by atoms with Gasteiger partial charge in [-0.3, -0.25) is 0 Å². The molecule has 0 radical (unpaired) electrons. The van der Waals surface area contributed by atoms with Crippen molar-refractivity contribution in [1.29, 1.82) is 0 Å². The molecule has 2 amide bonds. The van der Waals surface area contributed by atoms with Crippen LogP contribution in [0.4, 0.5) is 9.59 Å². The first kappa shape index (κ1) is 12.3. The molecule has 0 rings (SSSR count). The third kappa shape index (κ3) is 4.34. The Hall–Kier alpha value is -1.72. The van der Waals surface area contributed by atoms with Gasteiger partial charge in [-0.2, -0.15) is 0 Å². The summed E-state index contributed by atoms with van der Waals surface area (Å²) >= 11 is 0. The molecule has 0 unspecified atom stereocenters. The first-order chi connectivity index (χ1) is 6.51. The Balaban J connectivity index is 4.31. The molecule has 0 fully saturated rings. The van der Waals surface area contributed by atoms with Gasteiger partial charge < -0.3 is 9.47 Å². The average molecular weight is 202 g/mol. The fourth-order valence-corrected chi connectivity index (χ4v) is 0.686. The maximum atomic E-state index is 11.1. The number of carbonyl (C=O) groups excluding carboxylic acids is 2. The van der Waals surface area contributed by atoms with Crippen molar-refractivity contribution in [1.82, 2.24) is 10.4 Å². The minimum Gasteiger partial charge on any atom is -0.452 e. The van der Waals surface area contributed by atoms with Gasteiger partial charge in [0.2, 0.25) is 0 Å². The summed E-state index contributed by atoms with van der Waals surface area (Å²) in [6.45, 7) is 5.49. The van der Waals surface area contributed by atoms with Gasteiger partial charge >= 0.3 is 12.2 Å². The van der Waals surface area contributed by atoms with Crippen molar-refractivity contribution in [3.8, 4) is 0 Å². The van der Waals surface area contributed by atoms with Gasteiger partial charge in [0.1, 0.15) is 0 Å². The summed E-state index contributed by atoms with van der Waals surface area (Å²) in [6, 6.07) is 0. The highest BCUT2D eigenvalue weighted by Gasteiger charge is 2.16. The van der Waals surface area contributed by atoms with Gasteiger partial charge in [-0.15, -0.1) is 0 Å². The molecule has 1 N–H and O–H groups in total. The number of nitrogens with one attached hydrogen (secondary N) is 1. The van der Waals surface area contributed by atoms with E-state index in [4.69, 9.17) is 0 Å². The van der Waals surface area contributed by atoms with Crippen LogP contribution in [0.3, 0.4) is 0 Å². The number of rotatable bonds is 2. The van der Waals surface area contributed by atoms with Crippen LogP contribution >= 0.6 is 0 Å². The van der Waals surface area contributed by atoms with Gasteiger partial charge in [0.15, 0.2) is 0 Å². The van der Waals surface area contributed by atoms with Crippen LogP contribution in [0.2, 0.25) is 0 Å². The predicted molar refractivity (Wildman–Crippen MR) is 49.5 cm³/mol. The second-order valence-corrected chi connectivity index (χ2v) is 2.62. The van der Waals surface area contributed by atoms with Crippen molar-refractivity contribution >= 4 is 12.2 Å². The van der Waals surface area contributed by atoms with Crippen LogP contribution in [0, 0.1) is 0 Å². The summed E-state index contributed by atoms with van der Waals surface area (Å²) in [6.07, 6.45) is -1.42. The predicted octanol–water partition coefficient (Wildman–Crippen LogP) is 0.902. The van der Waals surface area contributed by atoms with Crippen LogP contribution in [-0.2, 0) is 9.47 Å². The van der Waals surface area contributed by atoms with Gasteiger partial charge in [0.25, 0.3) is 0 Å². The summed E-state index contributed by atoms with van der Waals surface area (Å²) in [7, 11) is 2.41. The van der Waals surface area contributed by atoms with E-state index in [0.29, 0.717) is 5.57 Å². The molecule has 6 nitrogen and oxygen atoms in total. The van der Waals surface area contributed by atoms with E-state index in [-0.39, 0.29) is 6.54 Å². The molecule has 0 aromatic rings. The third-order valence-corrected chi connectivity index (χ3v) is 1.23. The molecule has 0 heterocycles. The normalized spacial score (nSPS) is 8.79. The monoisotopic (exact) mass is 202 g/mol. The largest absolute Gasteiger partial charge is 0.452 e. The molecule has 14 heavy (non-hydrogen) atoms. The van der Waals surface area contributed by atoms with E-state index < -0.39 is 12.2 Å². The van der Waals surface area contributed by atoms with Gasteiger partial charge in [-0.05, 0) is 6.92 Å². The summed E-state index contributed by atoms with van der Waals surface area (Å²) in [5, 5.41) is 0.966. The smallest absolute Gasteiger partial charge is 0.428 e. The quantitative estimate of drug-likeness (QED) is 0.533. The number of methoxy groups -OCH3 is 2. The van der Waals surface area contributed by atoms with Gasteiger partial charge in [0, 0.05) is 0 Å². The minimum atomic E-state index is -0.739. The molecule has 80 valence electrons. The Labute approximate surface area is 82.4 Å². The maximum Gasteiger partial charge on any atom is 0.428 e. The molecule has 0 saturated carbocycles. The average Bonchev–Trinajstić information content (AvgIpc) is 2.14. The zero-order chi connectivity index (χ0) is 11.1. The van der Waals surface area contributed by atoms with Crippen molar-refractivity contribution in [3.05, 3.63) is 12.2 Å². The summed E-state index contributed by atoms with van der Waals surface area (Å²) in [4.78, 5) is 21.9. The number of hydrogen-bond acceptors (Lipinski definition) is 4. The van der Waals surface area contributed by atoms with Crippen LogP contribution in [-0.4, -0.2) is 38.0 Å². The first-order valence-corrected chi connectivity index (χ1v) is 3.85. The molecular formula is C8H14N2O4. The Morgan fingerprint density at radius 2 is 1.93 bits per heavy atom. The Morgan fingerprint density at radius 1 is 1.36 bits per heavy atom. The fourth-order valence-electron chi connectivity index (χ4n) is 0.686. The van der Waals surface area contributed by atoms with Crippen molar-refractivity contribution in [2.45, 2.75) is 6.92 Å². The van der Waals surface area contributed by atoms with E-state index in [2.05, 4.69) is 21.5 Å². The Bertz CT molecular complexity index is 239. The lowest BCUT2D eigenvalue weighted by molar-refractivity contribution is 0.0936. The number of hydrogen-bond donors (Lipinski definition) is 1. The SMILES string of the molecule is C=C(C)CN(NC(=O)OC)C(=O)OC. The van der Waals surface area contributed by atoms with E-state index in [1.54, 1.807) is 6.92 Å². The molecule has 6 heteroatoms. The van der Waals surface area contributed by atoms with E-state index in [0.717, 1.165) is 5.01 Å². The molecule has 0 atom stereocenters. The van der Waals surface area contributed by atoms with E-state index in [1.807, 2.05) is 0 Å². The fraction of sp³-hybridized carbons (Fsp3) is 0.500. The number of nitrogens with zero attached hydrogens (tertiary/aromatic N) is 1. The number of hydrazine groups is 1. The molecule has 0 aromatic heterocycles. The second kappa shape index (κ2) is 5.85. The lowest BCUT2D eigenvalue weighted by atomic mass is 10.3. The van der Waals surface area contributed by atoms with E-state index in [1.165, 1.54) is 14.2 Å². The first-order valence-electron chi connectivity index (χ1n) is 3.85. The molecule has 0 aliphatic rings. The van der Waals surface area contributed by atoms with Crippen LogP contribution < -0.4 is 5.43 Å². The lowest BCUT2D eigenvalue weighted by Crippen LogP contribution is -2.46. The van der Waals surface area contributed by atoms with Gasteiger partial charge in [-0.25, -0.2) is 20.0 Å². The molecule has 0 saturated heterocycles. The summed E-state index contributed by atoms with van der Waals surface area (Å²) < 4.78 is 8.76. The van der Waals surface area contributed by atoms with Crippen molar-refractivity contribution in [2.75, 3.05) is 20.8 Å². The number of carbonyl (C=O) groups is 2. The molecule has 0 aliphatic carbocycles.